The number of rotatable bonds is 10. The Morgan fingerprint density at radius 3 is 2.42 bits per heavy atom. The molecule has 1 atom stereocenters. The van der Waals surface area contributed by atoms with Gasteiger partial charge >= 0.3 is 18.0 Å². The molecule has 40 heavy (non-hydrogen) atoms. The normalized spacial score (nSPS) is 14.8. The monoisotopic (exact) mass is 542 g/mol. The summed E-state index contributed by atoms with van der Waals surface area (Å²) in [6.07, 6.45) is 1.65. The van der Waals surface area contributed by atoms with Gasteiger partial charge in [0.05, 0.1) is 36.7 Å². The third kappa shape index (κ3) is 6.43. The lowest BCUT2D eigenvalue weighted by atomic mass is 9.91. The van der Waals surface area contributed by atoms with E-state index >= 15 is 0 Å². The van der Waals surface area contributed by atoms with Crippen molar-refractivity contribution in [3.8, 4) is 5.75 Å². The lowest BCUT2D eigenvalue weighted by Gasteiger charge is -2.37. The number of ether oxygens (including phenoxy) is 2. The number of nitrogens with one attached hydrogen (secondary N) is 3. The number of hydrogen-bond donors (Lipinski definition) is 3. The summed E-state index contributed by atoms with van der Waals surface area (Å²) in [7, 11) is 1.53. The van der Waals surface area contributed by atoms with Crippen LogP contribution in [0.25, 0.3) is 5.70 Å². The molecule has 0 fully saturated rings. The summed E-state index contributed by atoms with van der Waals surface area (Å²) in [6.45, 7) is 4.43. The van der Waals surface area contributed by atoms with Crippen LogP contribution in [0.2, 0.25) is 0 Å². The molecule has 9 nitrogen and oxygen atoms in total. The summed E-state index contributed by atoms with van der Waals surface area (Å²) in [5.74, 6) is 0.0155. The molecule has 0 saturated heterocycles. The molecule has 0 aromatic heterocycles. The van der Waals surface area contributed by atoms with Gasteiger partial charge in [0.2, 0.25) is 0 Å². The SMILES string of the molecule is CCCCN1C(=O)N[C@@H](c2cccc(NC(=O)Nc3ccccc3OC)c2)C(C(=O)OCC)=C1c1ccccc1. The molecule has 1 heterocycles. The van der Waals surface area contributed by atoms with Crippen molar-refractivity contribution < 1.29 is 23.9 Å². The first-order chi connectivity index (χ1) is 19.5. The van der Waals surface area contributed by atoms with Crippen molar-refractivity contribution in [2.45, 2.75) is 32.7 Å². The zero-order chi connectivity index (χ0) is 28.5. The Labute approximate surface area is 234 Å². The van der Waals surface area contributed by atoms with E-state index in [1.807, 2.05) is 43.3 Å². The van der Waals surface area contributed by atoms with Gasteiger partial charge in [-0.05, 0) is 48.7 Å². The number of amides is 4. The van der Waals surface area contributed by atoms with Crippen LogP contribution in [0.5, 0.6) is 5.75 Å². The average Bonchev–Trinajstić information content (AvgIpc) is 2.97. The molecule has 4 amide bonds. The van der Waals surface area contributed by atoms with E-state index in [2.05, 4.69) is 16.0 Å². The first-order valence-electron chi connectivity index (χ1n) is 13.3. The lowest BCUT2D eigenvalue weighted by molar-refractivity contribution is -0.138. The number of nitrogens with zero attached hydrogens (tertiary/aromatic N) is 1. The van der Waals surface area contributed by atoms with E-state index in [1.165, 1.54) is 7.11 Å². The highest BCUT2D eigenvalue weighted by molar-refractivity contribution is 6.05. The van der Waals surface area contributed by atoms with Gasteiger partial charge in [-0.2, -0.15) is 0 Å². The molecule has 0 aliphatic carbocycles. The summed E-state index contributed by atoms with van der Waals surface area (Å²) in [6, 6.07) is 21.9. The minimum atomic E-state index is -0.793. The topological polar surface area (TPSA) is 109 Å². The molecule has 0 spiro atoms. The van der Waals surface area contributed by atoms with E-state index < -0.39 is 18.0 Å². The summed E-state index contributed by atoms with van der Waals surface area (Å²) in [5, 5.41) is 8.60. The quantitative estimate of drug-likeness (QED) is 0.265. The Hall–Kier alpha value is -4.79. The van der Waals surface area contributed by atoms with Crippen molar-refractivity contribution in [2.24, 2.45) is 0 Å². The van der Waals surface area contributed by atoms with Crippen molar-refractivity contribution >= 4 is 35.1 Å². The number of esters is 1. The fraction of sp³-hybridized carbons (Fsp3) is 0.258. The Balaban J connectivity index is 1.72. The second-order valence-electron chi connectivity index (χ2n) is 9.14. The van der Waals surface area contributed by atoms with E-state index in [1.54, 1.807) is 54.3 Å². The molecule has 0 saturated carbocycles. The summed E-state index contributed by atoms with van der Waals surface area (Å²) in [5.41, 5.74) is 3.22. The number of carbonyl (C=O) groups is 3. The van der Waals surface area contributed by atoms with Crippen molar-refractivity contribution in [3.63, 3.8) is 0 Å². The zero-order valence-electron chi connectivity index (χ0n) is 22.9. The van der Waals surface area contributed by atoms with Gasteiger partial charge in [-0.25, -0.2) is 14.4 Å². The van der Waals surface area contributed by atoms with E-state index in [9.17, 15) is 14.4 Å². The highest BCUT2D eigenvalue weighted by atomic mass is 16.5. The van der Waals surface area contributed by atoms with Crippen LogP contribution in [-0.4, -0.2) is 43.2 Å². The second kappa shape index (κ2) is 13.3. The summed E-state index contributed by atoms with van der Waals surface area (Å²) >= 11 is 0. The molecule has 0 unspecified atom stereocenters. The van der Waals surface area contributed by atoms with Crippen molar-refractivity contribution in [2.75, 3.05) is 30.9 Å². The first kappa shape index (κ1) is 28.2. The van der Waals surface area contributed by atoms with Crippen LogP contribution < -0.4 is 20.7 Å². The minimum Gasteiger partial charge on any atom is -0.495 e. The fourth-order valence-electron chi connectivity index (χ4n) is 4.60. The third-order valence-electron chi connectivity index (χ3n) is 6.44. The molecule has 1 aliphatic heterocycles. The molecule has 3 N–H and O–H groups in total. The molecule has 1 aliphatic rings. The molecule has 208 valence electrons. The molecular weight excluding hydrogens is 508 g/mol. The van der Waals surface area contributed by atoms with Crippen LogP contribution in [0.1, 0.15) is 43.9 Å². The van der Waals surface area contributed by atoms with Gasteiger partial charge in [0.15, 0.2) is 0 Å². The smallest absolute Gasteiger partial charge is 0.338 e. The number of para-hydroxylation sites is 2. The van der Waals surface area contributed by atoms with Gasteiger partial charge in [-0.3, -0.25) is 4.90 Å². The van der Waals surface area contributed by atoms with Gasteiger partial charge in [0.25, 0.3) is 0 Å². The predicted molar refractivity (Wildman–Crippen MR) is 155 cm³/mol. The number of carbonyl (C=O) groups excluding carboxylic acids is 3. The molecule has 4 rings (SSSR count). The maximum absolute atomic E-state index is 13.5. The molecule has 3 aromatic carbocycles. The molecule has 0 bridgehead atoms. The minimum absolute atomic E-state index is 0.185. The van der Waals surface area contributed by atoms with Gasteiger partial charge in [-0.1, -0.05) is 67.9 Å². The molecule has 3 aromatic rings. The molecule has 9 heteroatoms. The van der Waals surface area contributed by atoms with E-state index in [0.29, 0.717) is 40.5 Å². The Morgan fingerprint density at radius 1 is 0.950 bits per heavy atom. The van der Waals surface area contributed by atoms with Gasteiger partial charge in [0, 0.05) is 12.2 Å². The van der Waals surface area contributed by atoms with Crippen LogP contribution >= 0.6 is 0 Å². The number of hydrogen-bond acceptors (Lipinski definition) is 5. The van der Waals surface area contributed by atoms with Gasteiger partial charge < -0.3 is 25.4 Å². The number of benzene rings is 3. The van der Waals surface area contributed by atoms with Gasteiger partial charge in [-0.15, -0.1) is 0 Å². The predicted octanol–water partition coefficient (Wildman–Crippen LogP) is 6.18. The largest absolute Gasteiger partial charge is 0.495 e. The lowest BCUT2D eigenvalue weighted by Crippen LogP contribution is -2.48. The molecular formula is C31H34N4O5. The summed E-state index contributed by atoms with van der Waals surface area (Å²) < 4.78 is 10.8. The Morgan fingerprint density at radius 2 is 1.70 bits per heavy atom. The Kier molecular flexibility index (Phi) is 9.40. The number of methoxy groups -OCH3 is 1. The fourth-order valence-corrected chi connectivity index (χ4v) is 4.60. The van der Waals surface area contributed by atoms with Crippen LogP contribution in [0, 0.1) is 0 Å². The second-order valence-corrected chi connectivity index (χ2v) is 9.14. The van der Waals surface area contributed by atoms with Crippen LogP contribution in [0.4, 0.5) is 21.0 Å². The first-order valence-corrected chi connectivity index (χ1v) is 13.3. The highest BCUT2D eigenvalue weighted by Crippen LogP contribution is 2.37. The number of urea groups is 2. The highest BCUT2D eigenvalue weighted by Gasteiger charge is 2.38. The standard InChI is InChI=1S/C31H34N4O5/c1-4-6-19-35-28(21-13-8-7-9-14-21)26(29(36)40-5-2)27(34-31(35)38)22-15-12-16-23(20-22)32-30(37)33-24-17-10-11-18-25(24)39-3/h7-18,20,27H,4-6,19H2,1-3H3,(H,34,38)(H2,32,33,37)/t27-/m0/s1. The molecule has 0 radical (unpaired) electrons. The number of anilines is 2. The van der Waals surface area contributed by atoms with Crippen molar-refractivity contribution in [1.82, 2.24) is 10.2 Å². The van der Waals surface area contributed by atoms with Crippen LogP contribution in [-0.2, 0) is 9.53 Å². The summed E-state index contributed by atoms with van der Waals surface area (Å²) in [4.78, 5) is 41.3. The van der Waals surface area contributed by atoms with Gasteiger partial charge in [0.1, 0.15) is 5.75 Å². The zero-order valence-corrected chi connectivity index (χ0v) is 22.9. The van der Waals surface area contributed by atoms with Crippen molar-refractivity contribution in [1.29, 1.82) is 0 Å². The maximum Gasteiger partial charge on any atom is 0.338 e. The average molecular weight is 543 g/mol. The van der Waals surface area contributed by atoms with Crippen LogP contribution in [0.3, 0.4) is 0 Å². The number of unbranched alkanes of at least 4 members (excludes halogenated alkanes) is 1. The maximum atomic E-state index is 13.5. The van der Waals surface area contributed by atoms with E-state index in [0.717, 1.165) is 18.4 Å². The van der Waals surface area contributed by atoms with E-state index in [-0.39, 0.29) is 12.6 Å². The van der Waals surface area contributed by atoms with Crippen LogP contribution in [0.15, 0.2) is 84.4 Å². The Bertz CT molecular complexity index is 1390. The van der Waals surface area contributed by atoms with E-state index in [4.69, 9.17) is 9.47 Å². The third-order valence-corrected chi connectivity index (χ3v) is 6.44. The van der Waals surface area contributed by atoms with Crippen molar-refractivity contribution in [3.05, 3.63) is 95.6 Å².